The molecule has 0 spiro atoms. The molecule has 0 aliphatic rings. The summed E-state index contributed by atoms with van der Waals surface area (Å²) in [6.07, 6.45) is 0. The molecule has 0 bridgehead atoms. The van der Waals surface area contributed by atoms with Crippen LogP contribution in [0.4, 0.5) is 0 Å². The van der Waals surface area contributed by atoms with Crippen LogP contribution in [0.25, 0.3) is 0 Å². The Balaban J connectivity index is 2.98. The second kappa shape index (κ2) is 4.21. The van der Waals surface area contributed by atoms with Crippen molar-refractivity contribution in [2.75, 3.05) is 0 Å². The van der Waals surface area contributed by atoms with Crippen molar-refractivity contribution in [1.82, 2.24) is 0 Å². The van der Waals surface area contributed by atoms with Gasteiger partial charge in [-0.1, -0.05) is 37.2 Å². The molecular formula is C12H15ClSi. The van der Waals surface area contributed by atoms with Crippen molar-refractivity contribution >= 4 is 19.7 Å². The van der Waals surface area contributed by atoms with Crippen LogP contribution >= 0.6 is 11.6 Å². The summed E-state index contributed by atoms with van der Waals surface area (Å²) in [5.41, 5.74) is 5.49. The molecule has 0 saturated heterocycles. The molecule has 1 rings (SSSR count). The van der Waals surface area contributed by atoms with Gasteiger partial charge in [0.2, 0.25) is 0 Å². The zero-order valence-electron chi connectivity index (χ0n) is 9.11. The molecule has 0 aliphatic heterocycles. The van der Waals surface area contributed by atoms with Crippen molar-refractivity contribution in [2.24, 2.45) is 0 Å². The summed E-state index contributed by atoms with van der Waals surface area (Å²) < 4.78 is 0. The quantitative estimate of drug-likeness (QED) is 0.462. The van der Waals surface area contributed by atoms with Crippen LogP contribution in [0.15, 0.2) is 18.2 Å². The van der Waals surface area contributed by atoms with Crippen LogP contribution in [0.1, 0.15) is 11.1 Å². The predicted molar refractivity (Wildman–Crippen MR) is 66.4 cm³/mol. The maximum absolute atomic E-state index is 5.93. The minimum absolute atomic E-state index is 0.809. The highest BCUT2D eigenvalue weighted by Gasteiger charge is 2.07. The summed E-state index contributed by atoms with van der Waals surface area (Å²) in [6.45, 7) is 8.72. The number of hydrogen-bond acceptors (Lipinski definition) is 0. The fourth-order valence-electron chi connectivity index (χ4n) is 0.982. The Hall–Kier alpha value is -0.713. The molecule has 74 valence electrons. The molecule has 0 saturated carbocycles. The minimum atomic E-state index is -1.27. The van der Waals surface area contributed by atoms with Crippen LogP contribution in [0.2, 0.25) is 24.7 Å². The molecule has 2 heteroatoms. The number of hydrogen-bond donors (Lipinski definition) is 0. The largest absolute Gasteiger partial charge is 0.129 e. The zero-order valence-corrected chi connectivity index (χ0v) is 10.9. The molecule has 1 aromatic rings. The number of benzene rings is 1. The average molecular weight is 223 g/mol. The van der Waals surface area contributed by atoms with Crippen molar-refractivity contribution in [3.05, 3.63) is 34.3 Å². The molecule has 0 N–H and O–H groups in total. The normalized spacial score (nSPS) is 10.6. The number of halogens is 1. The van der Waals surface area contributed by atoms with Gasteiger partial charge in [-0.05, 0) is 30.7 Å². The van der Waals surface area contributed by atoms with E-state index in [1.807, 2.05) is 25.1 Å². The Labute approximate surface area is 92.3 Å². The first-order chi connectivity index (χ1) is 6.38. The molecule has 1 aromatic carbocycles. The first-order valence-corrected chi connectivity index (χ1v) is 8.55. The Morgan fingerprint density at radius 2 is 1.86 bits per heavy atom. The monoisotopic (exact) mass is 222 g/mol. The van der Waals surface area contributed by atoms with E-state index in [0.29, 0.717) is 0 Å². The second-order valence-corrected chi connectivity index (χ2v) is 9.62. The maximum atomic E-state index is 5.93. The van der Waals surface area contributed by atoms with E-state index in [2.05, 4.69) is 31.1 Å². The third-order valence-corrected chi connectivity index (χ3v) is 3.04. The highest BCUT2D eigenvalue weighted by molar-refractivity contribution is 6.83. The van der Waals surface area contributed by atoms with E-state index in [1.165, 1.54) is 0 Å². The highest BCUT2D eigenvalue weighted by atomic mass is 35.5. The highest BCUT2D eigenvalue weighted by Crippen LogP contribution is 2.15. The summed E-state index contributed by atoms with van der Waals surface area (Å²) >= 11 is 5.93. The van der Waals surface area contributed by atoms with Gasteiger partial charge in [0.1, 0.15) is 8.07 Å². The lowest BCUT2D eigenvalue weighted by Gasteiger charge is -2.03. The van der Waals surface area contributed by atoms with Crippen LogP contribution in [-0.2, 0) is 0 Å². The molecule has 0 amide bonds. The third-order valence-electron chi connectivity index (χ3n) is 1.74. The standard InChI is InChI=1S/C12H15ClSi/c1-10-9-11(5-6-12(10)13)7-8-14(2,3)4/h5-6,9H,1-4H3. The fraction of sp³-hybridized carbons (Fsp3) is 0.333. The lowest BCUT2D eigenvalue weighted by molar-refractivity contribution is 1.45. The lowest BCUT2D eigenvalue weighted by Crippen LogP contribution is -2.16. The SMILES string of the molecule is Cc1cc(C#C[Si](C)(C)C)ccc1Cl. The van der Waals surface area contributed by atoms with Gasteiger partial charge >= 0.3 is 0 Å². The van der Waals surface area contributed by atoms with Crippen molar-refractivity contribution in [3.63, 3.8) is 0 Å². The molecule has 14 heavy (non-hydrogen) atoms. The van der Waals surface area contributed by atoms with Crippen molar-refractivity contribution in [1.29, 1.82) is 0 Å². The second-order valence-electron chi connectivity index (χ2n) is 4.46. The zero-order chi connectivity index (χ0) is 10.8. The summed E-state index contributed by atoms with van der Waals surface area (Å²) in [7, 11) is -1.27. The van der Waals surface area contributed by atoms with Crippen LogP contribution in [-0.4, -0.2) is 8.07 Å². The number of aryl methyl sites for hydroxylation is 1. The first kappa shape index (κ1) is 11.4. The minimum Gasteiger partial charge on any atom is -0.127 e. The predicted octanol–water partition coefficient (Wildman–Crippen LogP) is 3.88. The lowest BCUT2D eigenvalue weighted by atomic mass is 10.1. The molecule has 0 aromatic heterocycles. The molecule has 0 atom stereocenters. The Kier molecular flexibility index (Phi) is 3.42. The molecule has 0 aliphatic carbocycles. The topological polar surface area (TPSA) is 0 Å². The van der Waals surface area contributed by atoms with E-state index in [-0.39, 0.29) is 0 Å². The third kappa shape index (κ3) is 3.57. The van der Waals surface area contributed by atoms with E-state index in [9.17, 15) is 0 Å². The molecule has 0 heterocycles. The van der Waals surface area contributed by atoms with E-state index in [1.54, 1.807) is 0 Å². The van der Waals surface area contributed by atoms with E-state index in [4.69, 9.17) is 11.6 Å². The van der Waals surface area contributed by atoms with Gasteiger partial charge in [0, 0.05) is 10.6 Å². The van der Waals surface area contributed by atoms with Crippen molar-refractivity contribution in [3.8, 4) is 11.5 Å². The fourth-order valence-corrected chi connectivity index (χ4v) is 1.62. The van der Waals surface area contributed by atoms with Crippen LogP contribution in [0.3, 0.4) is 0 Å². The van der Waals surface area contributed by atoms with Gasteiger partial charge in [-0.2, -0.15) is 0 Å². The van der Waals surface area contributed by atoms with Gasteiger partial charge in [0.05, 0.1) is 0 Å². The van der Waals surface area contributed by atoms with Gasteiger partial charge in [0.15, 0.2) is 0 Å². The molecule has 0 unspecified atom stereocenters. The van der Waals surface area contributed by atoms with Crippen LogP contribution in [0, 0.1) is 18.4 Å². The van der Waals surface area contributed by atoms with Gasteiger partial charge in [-0.15, -0.1) is 5.54 Å². The summed E-state index contributed by atoms with van der Waals surface area (Å²) in [4.78, 5) is 0. The molecule has 0 fully saturated rings. The maximum Gasteiger partial charge on any atom is 0.129 e. The van der Waals surface area contributed by atoms with Crippen molar-refractivity contribution in [2.45, 2.75) is 26.6 Å². The summed E-state index contributed by atoms with van der Waals surface area (Å²) in [5.74, 6) is 3.21. The molecule has 0 nitrogen and oxygen atoms in total. The summed E-state index contributed by atoms with van der Waals surface area (Å²) in [6, 6.07) is 5.92. The van der Waals surface area contributed by atoms with E-state index in [0.717, 1.165) is 16.1 Å². The Bertz CT molecular complexity index is 391. The average Bonchev–Trinajstić information content (AvgIpc) is 2.06. The van der Waals surface area contributed by atoms with Gasteiger partial charge < -0.3 is 0 Å². The van der Waals surface area contributed by atoms with Crippen LogP contribution in [0.5, 0.6) is 0 Å². The van der Waals surface area contributed by atoms with Gasteiger partial charge in [0.25, 0.3) is 0 Å². The summed E-state index contributed by atoms with van der Waals surface area (Å²) in [5, 5.41) is 0.809. The van der Waals surface area contributed by atoms with E-state index < -0.39 is 8.07 Å². The Morgan fingerprint density at radius 1 is 1.21 bits per heavy atom. The van der Waals surface area contributed by atoms with E-state index >= 15 is 0 Å². The first-order valence-electron chi connectivity index (χ1n) is 4.68. The smallest absolute Gasteiger partial charge is 0.127 e. The van der Waals surface area contributed by atoms with Crippen LogP contribution < -0.4 is 0 Å². The van der Waals surface area contributed by atoms with Gasteiger partial charge in [-0.3, -0.25) is 0 Å². The van der Waals surface area contributed by atoms with Crippen molar-refractivity contribution < 1.29 is 0 Å². The van der Waals surface area contributed by atoms with Gasteiger partial charge in [-0.25, -0.2) is 0 Å². The molecule has 0 radical (unpaired) electrons. The molecular weight excluding hydrogens is 208 g/mol. The number of rotatable bonds is 0. The Morgan fingerprint density at radius 3 is 2.36 bits per heavy atom.